The Balaban J connectivity index is 1.84. The highest BCUT2D eigenvalue weighted by molar-refractivity contribution is 7.80. The van der Waals surface area contributed by atoms with E-state index in [-0.39, 0.29) is 0 Å². The topological polar surface area (TPSA) is 0 Å². The molecular weight excluding hydrogens is 371 g/mol. The van der Waals surface area contributed by atoms with Gasteiger partial charge in [-0.15, -0.1) is 0 Å². The van der Waals surface area contributed by atoms with Crippen LogP contribution >= 0.6 is 7.92 Å². The van der Waals surface area contributed by atoms with Gasteiger partial charge in [0.05, 0.1) is 8.07 Å². The Morgan fingerprint density at radius 2 is 1.14 bits per heavy atom. The minimum atomic E-state index is -1.54. The predicted molar refractivity (Wildman–Crippen MR) is 129 cm³/mol. The van der Waals surface area contributed by atoms with Gasteiger partial charge in [-0.25, -0.2) is 0 Å². The van der Waals surface area contributed by atoms with Gasteiger partial charge < -0.3 is 0 Å². The normalized spacial score (nSPS) is 15.7. The van der Waals surface area contributed by atoms with Crippen molar-refractivity contribution >= 4 is 37.1 Å². The first-order valence-corrected chi connectivity index (χ1v) is 15.1. The highest BCUT2D eigenvalue weighted by Gasteiger charge is 2.37. The van der Waals surface area contributed by atoms with Gasteiger partial charge in [-0.1, -0.05) is 135 Å². The molecule has 0 nitrogen and oxygen atoms in total. The second kappa shape index (κ2) is 8.76. The van der Waals surface area contributed by atoms with Crippen LogP contribution in [0.25, 0.3) is 0 Å². The van der Waals surface area contributed by atoms with Crippen LogP contribution in [0.4, 0.5) is 0 Å². The first-order chi connectivity index (χ1) is 13.7. The number of benzene rings is 3. The zero-order valence-electron chi connectivity index (χ0n) is 17.1. The first-order valence-electron chi connectivity index (χ1n) is 10.7. The molecule has 0 bridgehead atoms. The van der Waals surface area contributed by atoms with E-state index in [0.29, 0.717) is 0 Å². The maximum Gasteiger partial charge on any atom is 0.0845 e. The predicted octanol–water partition coefficient (Wildman–Crippen LogP) is 5.69. The van der Waals surface area contributed by atoms with Gasteiger partial charge in [-0.05, 0) is 29.4 Å². The van der Waals surface area contributed by atoms with Crippen molar-refractivity contribution in [1.29, 1.82) is 0 Å². The molecule has 0 heterocycles. The van der Waals surface area contributed by atoms with Crippen molar-refractivity contribution in [2.24, 2.45) is 0 Å². The fraction of sp³-hybridized carbons (Fsp3) is 0.308. The van der Waals surface area contributed by atoms with Crippen LogP contribution in [-0.4, -0.2) is 8.07 Å². The van der Waals surface area contributed by atoms with Crippen LogP contribution in [0.2, 0.25) is 18.6 Å². The van der Waals surface area contributed by atoms with Crippen LogP contribution < -0.4 is 21.1 Å². The summed E-state index contributed by atoms with van der Waals surface area (Å²) in [5.41, 5.74) is 0.922. The molecule has 1 aliphatic rings. The van der Waals surface area contributed by atoms with Crippen molar-refractivity contribution < 1.29 is 0 Å². The molecular formula is C26H31PSi. The van der Waals surface area contributed by atoms with Crippen molar-refractivity contribution in [3.63, 3.8) is 0 Å². The molecule has 0 amide bonds. The lowest BCUT2D eigenvalue weighted by atomic mass is 10.0. The van der Waals surface area contributed by atoms with Gasteiger partial charge in [0.1, 0.15) is 0 Å². The van der Waals surface area contributed by atoms with Gasteiger partial charge in [0.15, 0.2) is 0 Å². The molecule has 4 rings (SSSR count). The SMILES string of the molecule is C[Si](C)(c1ccccc1P(c1ccccc1)c1ccccc1)C1CCCCC1. The lowest BCUT2D eigenvalue weighted by Crippen LogP contribution is -2.53. The zero-order chi connectivity index (χ0) is 19.4. The minimum absolute atomic E-state index is 0.517. The summed E-state index contributed by atoms with van der Waals surface area (Å²) in [6.45, 7) is 5.26. The van der Waals surface area contributed by atoms with Gasteiger partial charge in [0.2, 0.25) is 0 Å². The summed E-state index contributed by atoms with van der Waals surface area (Å²) in [5.74, 6) is 0. The van der Waals surface area contributed by atoms with Crippen LogP contribution in [0.15, 0.2) is 84.9 Å². The highest BCUT2D eigenvalue weighted by Crippen LogP contribution is 2.39. The number of hydrogen-bond acceptors (Lipinski definition) is 0. The third-order valence-electron chi connectivity index (χ3n) is 6.49. The Kier molecular flexibility index (Phi) is 6.14. The molecule has 0 aromatic heterocycles. The molecule has 0 aliphatic heterocycles. The Labute approximate surface area is 172 Å². The van der Waals surface area contributed by atoms with Gasteiger partial charge >= 0.3 is 0 Å². The molecule has 2 heteroatoms. The number of hydrogen-bond donors (Lipinski definition) is 0. The summed E-state index contributed by atoms with van der Waals surface area (Å²) in [7, 11) is -2.05. The van der Waals surface area contributed by atoms with E-state index in [4.69, 9.17) is 0 Å². The molecule has 1 saturated carbocycles. The monoisotopic (exact) mass is 402 g/mol. The van der Waals surface area contributed by atoms with Gasteiger partial charge in [-0.2, -0.15) is 0 Å². The van der Waals surface area contributed by atoms with E-state index < -0.39 is 16.0 Å². The fourth-order valence-electron chi connectivity index (χ4n) is 4.84. The molecule has 3 aromatic carbocycles. The van der Waals surface area contributed by atoms with Crippen LogP contribution in [0.1, 0.15) is 32.1 Å². The van der Waals surface area contributed by atoms with Crippen molar-refractivity contribution in [3.8, 4) is 0 Å². The van der Waals surface area contributed by atoms with E-state index in [1.54, 1.807) is 10.5 Å². The maximum absolute atomic E-state index is 2.63. The molecule has 0 spiro atoms. The molecule has 0 saturated heterocycles. The van der Waals surface area contributed by atoms with Crippen LogP contribution in [0, 0.1) is 0 Å². The molecule has 28 heavy (non-hydrogen) atoms. The summed E-state index contributed by atoms with van der Waals surface area (Å²) < 4.78 is 0. The summed E-state index contributed by atoms with van der Waals surface area (Å²) in [6, 6.07) is 31.8. The first kappa shape index (κ1) is 19.6. The molecule has 0 radical (unpaired) electrons. The Morgan fingerprint density at radius 1 is 0.643 bits per heavy atom. The largest absolute Gasteiger partial charge is 0.0845 e. The molecule has 0 atom stereocenters. The number of rotatable bonds is 5. The van der Waals surface area contributed by atoms with E-state index in [2.05, 4.69) is 98.0 Å². The van der Waals surface area contributed by atoms with E-state index in [0.717, 1.165) is 5.54 Å². The standard InChI is InChI=1S/C26H31PSi/c1-28(2,24-18-10-5-11-19-24)26-21-13-12-20-25(26)27(22-14-6-3-7-15-22)23-16-8-4-9-17-23/h3-4,6-9,12-17,20-21,24H,5,10-11,18-19H2,1-2H3. The smallest absolute Gasteiger partial charge is 0.0652 e. The maximum atomic E-state index is 2.63. The molecule has 144 valence electrons. The average molecular weight is 403 g/mol. The van der Waals surface area contributed by atoms with Gasteiger partial charge in [-0.3, -0.25) is 0 Å². The van der Waals surface area contributed by atoms with Crippen LogP contribution in [-0.2, 0) is 0 Å². The Hall–Kier alpha value is -1.69. The van der Waals surface area contributed by atoms with E-state index in [1.807, 2.05) is 0 Å². The Bertz CT molecular complexity index is 843. The molecule has 0 unspecified atom stereocenters. The van der Waals surface area contributed by atoms with Crippen molar-refractivity contribution in [2.45, 2.75) is 50.7 Å². The molecule has 0 N–H and O–H groups in total. The summed E-state index contributed by atoms with van der Waals surface area (Å²) in [4.78, 5) is 0. The second-order valence-corrected chi connectivity index (χ2v) is 15.6. The Morgan fingerprint density at radius 3 is 1.71 bits per heavy atom. The molecule has 3 aromatic rings. The van der Waals surface area contributed by atoms with Gasteiger partial charge in [0.25, 0.3) is 0 Å². The highest BCUT2D eigenvalue weighted by atomic mass is 31.1. The van der Waals surface area contributed by atoms with Gasteiger partial charge in [0, 0.05) is 0 Å². The summed E-state index contributed by atoms with van der Waals surface area (Å²) >= 11 is 0. The van der Waals surface area contributed by atoms with Crippen molar-refractivity contribution in [1.82, 2.24) is 0 Å². The third kappa shape index (κ3) is 4.02. The summed E-state index contributed by atoms with van der Waals surface area (Å²) in [6.07, 6.45) is 7.15. The van der Waals surface area contributed by atoms with Crippen molar-refractivity contribution in [3.05, 3.63) is 84.9 Å². The van der Waals surface area contributed by atoms with Crippen LogP contribution in [0.3, 0.4) is 0 Å². The average Bonchev–Trinajstić information content (AvgIpc) is 2.76. The fourth-order valence-corrected chi connectivity index (χ4v) is 11.9. The second-order valence-electron chi connectivity index (χ2n) is 8.58. The summed E-state index contributed by atoms with van der Waals surface area (Å²) in [5, 5.41) is 6.21. The van der Waals surface area contributed by atoms with E-state index in [9.17, 15) is 0 Å². The quantitative estimate of drug-likeness (QED) is 0.380. The minimum Gasteiger partial charge on any atom is -0.0652 e. The lowest BCUT2D eigenvalue weighted by Gasteiger charge is -2.38. The zero-order valence-corrected chi connectivity index (χ0v) is 19.0. The van der Waals surface area contributed by atoms with Crippen molar-refractivity contribution in [2.75, 3.05) is 0 Å². The van der Waals surface area contributed by atoms with E-state index >= 15 is 0 Å². The molecule has 1 fully saturated rings. The van der Waals surface area contributed by atoms with E-state index in [1.165, 1.54) is 42.7 Å². The molecule has 1 aliphatic carbocycles. The van der Waals surface area contributed by atoms with Crippen LogP contribution in [0.5, 0.6) is 0 Å². The third-order valence-corrected chi connectivity index (χ3v) is 13.6. The lowest BCUT2D eigenvalue weighted by molar-refractivity contribution is 0.494.